The highest BCUT2D eigenvalue weighted by Gasteiger charge is 2.09. The van der Waals surface area contributed by atoms with Crippen LogP contribution in [0.15, 0.2) is 85.3 Å². The Hall–Kier alpha value is -4.13. The lowest BCUT2D eigenvalue weighted by atomic mass is 10.2. The molecule has 0 aliphatic rings. The lowest BCUT2D eigenvalue weighted by Crippen LogP contribution is -2.23. The minimum absolute atomic E-state index is 0.279. The predicted octanol–water partition coefficient (Wildman–Crippen LogP) is 4.40. The topological polar surface area (TPSA) is 77.0 Å². The molecule has 2 aromatic carbocycles. The van der Waals surface area contributed by atoms with Crippen molar-refractivity contribution in [2.24, 2.45) is 0 Å². The molecule has 148 valence electrons. The zero-order valence-electron chi connectivity index (χ0n) is 15.8. The number of carbonyl (C=O) groups excluding carboxylic acids is 1. The number of hydrogen-bond acceptors (Lipinski definition) is 5. The van der Waals surface area contributed by atoms with Gasteiger partial charge in [-0.05, 0) is 35.9 Å². The van der Waals surface area contributed by atoms with Crippen molar-refractivity contribution in [1.29, 1.82) is 0 Å². The Labute approximate surface area is 172 Å². The first-order valence-corrected chi connectivity index (χ1v) is 9.21. The zero-order chi connectivity index (χ0) is 20.8. The highest BCUT2D eigenvalue weighted by molar-refractivity contribution is 5.93. The number of pyridine rings is 1. The Bertz CT molecular complexity index is 1130. The van der Waals surface area contributed by atoms with E-state index in [9.17, 15) is 9.18 Å². The van der Waals surface area contributed by atoms with Crippen LogP contribution >= 0.6 is 0 Å². The molecule has 1 amide bonds. The van der Waals surface area contributed by atoms with Crippen molar-refractivity contribution in [1.82, 2.24) is 20.3 Å². The molecule has 2 aromatic heterocycles. The summed E-state index contributed by atoms with van der Waals surface area (Å²) in [7, 11) is 0. The molecular weight excluding hydrogens is 383 g/mol. The molecule has 30 heavy (non-hydrogen) atoms. The van der Waals surface area contributed by atoms with E-state index >= 15 is 0 Å². The van der Waals surface area contributed by atoms with E-state index in [1.807, 2.05) is 30.3 Å². The van der Waals surface area contributed by atoms with Crippen LogP contribution in [0.1, 0.15) is 15.9 Å². The Kier molecular flexibility index (Phi) is 5.70. The maximum Gasteiger partial charge on any atom is 0.254 e. The van der Waals surface area contributed by atoms with Gasteiger partial charge in [0.25, 0.3) is 5.91 Å². The first-order chi connectivity index (χ1) is 14.7. The van der Waals surface area contributed by atoms with Gasteiger partial charge in [0, 0.05) is 36.8 Å². The van der Waals surface area contributed by atoms with Crippen LogP contribution in [0.25, 0.3) is 11.4 Å². The largest absolute Gasteiger partial charge is 0.439 e. The van der Waals surface area contributed by atoms with Gasteiger partial charge in [-0.1, -0.05) is 30.3 Å². The standard InChI is InChI=1S/C23H17FN4O2/c24-19-6-8-20(9-7-19)30-21-12-16(10-11-25-21)13-28-23(29)18-14-26-22(27-15-18)17-4-2-1-3-5-17/h1-12,14-15H,13H2,(H,28,29). The van der Waals surface area contributed by atoms with Crippen molar-refractivity contribution in [3.05, 3.63) is 102 Å². The van der Waals surface area contributed by atoms with Gasteiger partial charge in [-0.25, -0.2) is 19.3 Å². The number of nitrogens with one attached hydrogen (secondary N) is 1. The summed E-state index contributed by atoms with van der Waals surface area (Å²) in [6.07, 6.45) is 4.58. The van der Waals surface area contributed by atoms with Crippen LogP contribution in [-0.4, -0.2) is 20.9 Å². The minimum Gasteiger partial charge on any atom is -0.439 e. The van der Waals surface area contributed by atoms with Crippen molar-refractivity contribution in [3.8, 4) is 23.0 Å². The summed E-state index contributed by atoms with van der Waals surface area (Å²) in [5.41, 5.74) is 2.05. The lowest BCUT2D eigenvalue weighted by Gasteiger charge is -2.08. The third kappa shape index (κ3) is 4.82. The molecule has 7 heteroatoms. The summed E-state index contributed by atoms with van der Waals surface area (Å²) in [5.74, 6) is 0.758. The van der Waals surface area contributed by atoms with Crippen LogP contribution in [0.5, 0.6) is 11.6 Å². The van der Waals surface area contributed by atoms with E-state index in [0.29, 0.717) is 23.0 Å². The van der Waals surface area contributed by atoms with Crippen LogP contribution < -0.4 is 10.1 Å². The smallest absolute Gasteiger partial charge is 0.254 e. The number of carbonyl (C=O) groups is 1. The van der Waals surface area contributed by atoms with Crippen LogP contribution in [-0.2, 0) is 6.54 Å². The fourth-order valence-corrected chi connectivity index (χ4v) is 2.71. The number of nitrogens with zero attached hydrogens (tertiary/aromatic N) is 3. The van der Waals surface area contributed by atoms with Crippen LogP contribution in [0.4, 0.5) is 4.39 Å². The Morgan fingerprint density at radius 3 is 2.40 bits per heavy atom. The number of benzene rings is 2. The molecule has 0 fully saturated rings. The molecule has 1 N–H and O–H groups in total. The SMILES string of the molecule is O=C(NCc1ccnc(Oc2ccc(F)cc2)c1)c1cnc(-c2ccccc2)nc1. The molecule has 4 rings (SSSR count). The average Bonchev–Trinajstić information content (AvgIpc) is 2.80. The van der Waals surface area contributed by atoms with Gasteiger partial charge in [0.15, 0.2) is 5.82 Å². The third-order valence-corrected chi connectivity index (χ3v) is 4.23. The van der Waals surface area contributed by atoms with Gasteiger partial charge in [0.1, 0.15) is 11.6 Å². The third-order valence-electron chi connectivity index (χ3n) is 4.23. The van der Waals surface area contributed by atoms with E-state index in [4.69, 9.17) is 4.74 Å². The van der Waals surface area contributed by atoms with Crippen molar-refractivity contribution >= 4 is 5.91 Å². The second kappa shape index (κ2) is 8.91. The van der Waals surface area contributed by atoms with E-state index in [1.165, 1.54) is 36.7 Å². The molecular formula is C23H17FN4O2. The van der Waals surface area contributed by atoms with Crippen molar-refractivity contribution in [3.63, 3.8) is 0 Å². The summed E-state index contributed by atoms with van der Waals surface area (Å²) in [5, 5.41) is 2.82. The summed E-state index contributed by atoms with van der Waals surface area (Å²) in [6.45, 7) is 0.279. The molecule has 4 aromatic rings. The lowest BCUT2D eigenvalue weighted by molar-refractivity contribution is 0.0950. The Morgan fingerprint density at radius 1 is 0.933 bits per heavy atom. The molecule has 2 heterocycles. The number of rotatable bonds is 6. The van der Waals surface area contributed by atoms with E-state index in [-0.39, 0.29) is 18.3 Å². The van der Waals surface area contributed by atoms with Gasteiger partial charge in [-0.2, -0.15) is 0 Å². The highest BCUT2D eigenvalue weighted by atomic mass is 19.1. The predicted molar refractivity (Wildman–Crippen MR) is 109 cm³/mol. The molecule has 0 spiro atoms. The van der Waals surface area contributed by atoms with Crippen LogP contribution in [0, 0.1) is 5.82 Å². The number of hydrogen-bond donors (Lipinski definition) is 1. The second-order valence-electron chi connectivity index (χ2n) is 6.40. The molecule has 0 saturated heterocycles. The van der Waals surface area contributed by atoms with Crippen LogP contribution in [0.2, 0.25) is 0 Å². The number of amides is 1. The summed E-state index contributed by atoms with van der Waals surface area (Å²) in [4.78, 5) is 25.1. The van der Waals surface area contributed by atoms with E-state index in [1.54, 1.807) is 18.3 Å². The molecule has 0 saturated carbocycles. The fraction of sp³-hybridized carbons (Fsp3) is 0.0435. The Morgan fingerprint density at radius 2 is 1.67 bits per heavy atom. The fourth-order valence-electron chi connectivity index (χ4n) is 2.71. The van der Waals surface area contributed by atoms with E-state index in [2.05, 4.69) is 20.3 Å². The number of ether oxygens (including phenoxy) is 1. The molecule has 0 atom stereocenters. The van der Waals surface area contributed by atoms with Gasteiger partial charge >= 0.3 is 0 Å². The number of halogens is 1. The van der Waals surface area contributed by atoms with Gasteiger partial charge in [0.05, 0.1) is 5.56 Å². The van der Waals surface area contributed by atoms with Gasteiger partial charge < -0.3 is 10.1 Å². The van der Waals surface area contributed by atoms with Crippen LogP contribution in [0.3, 0.4) is 0 Å². The highest BCUT2D eigenvalue weighted by Crippen LogP contribution is 2.20. The first-order valence-electron chi connectivity index (χ1n) is 9.21. The molecule has 6 nitrogen and oxygen atoms in total. The van der Waals surface area contributed by atoms with Crippen molar-refractivity contribution in [2.45, 2.75) is 6.54 Å². The molecule has 0 radical (unpaired) electrons. The van der Waals surface area contributed by atoms with Gasteiger partial charge in [-0.3, -0.25) is 4.79 Å². The van der Waals surface area contributed by atoms with E-state index < -0.39 is 0 Å². The van der Waals surface area contributed by atoms with Gasteiger partial charge in [-0.15, -0.1) is 0 Å². The zero-order valence-corrected chi connectivity index (χ0v) is 15.8. The van der Waals surface area contributed by atoms with Crippen molar-refractivity contribution < 1.29 is 13.9 Å². The average molecular weight is 400 g/mol. The van der Waals surface area contributed by atoms with Gasteiger partial charge in [0.2, 0.25) is 5.88 Å². The molecule has 0 aliphatic carbocycles. The molecule has 0 bridgehead atoms. The second-order valence-corrected chi connectivity index (χ2v) is 6.40. The quantitative estimate of drug-likeness (QED) is 0.519. The monoisotopic (exact) mass is 400 g/mol. The summed E-state index contributed by atoms with van der Waals surface area (Å²) >= 11 is 0. The Balaban J connectivity index is 1.37. The maximum absolute atomic E-state index is 13.0. The number of aromatic nitrogens is 3. The van der Waals surface area contributed by atoms with E-state index in [0.717, 1.165) is 11.1 Å². The maximum atomic E-state index is 13.0. The van der Waals surface area contributed by atoms with Crippen molar-refractivity contribution in [2.75, 3.05) is 0 Å². The summed E-state index contributed by atoms with van der Waals surface area (Å²) in [6, 6.07) is 18.7. The minimum atomic E-state index is -0.340. The first kappa shape index (κ1) is 19.2. The molecule has 0 unspecified atom stereocenters. The summed E-state index contributed by atoms with van der Waals surface area (Å²) < 4.78 is 18.6. The normalized spacial score (nSPS) is 10.4. The molecule has 0 aliphatic heterocycles.